The molecular formula is C14H22N2. The van der Waals surface area contributed by atoms with Crippen molar-refractivity contribution in [3.63, 3.8) is 0 Å². The molecule has 1 aromatic rings. The van der Waals surface area contributed by atoms with Gasteiger partial charge in [-0.05, 0) is 69.7 Å². The summed E-state index contributed by atoms with van der Waals surface area (Å²) in [6.07, 6.45) is 7.21. The third-order valence-electron chi connectivity index (χ3n) is 4.07. The molecule has 0 amide bonds. The van der Waals surface area contributed by atoms with Gasteiger partial charge in [0.05, 0.1) is 0 Å². The second-order valence-electron chi connectivity index (χ2n) is 4.95. The third-order valence-corrected chi connectivity index (χ3v) is 4.07. The molecular weight excluding hydrogens is 196 g/mol. The van der Waals surface area contributed by atoms with Gasteiger partial charge in [-0.1, -0.05) is 0 Å². The molecule has 0 aromatic carbocycles. The van der Waals surface area contributed by atoms with Gasteiger partial charge in [0.2, 0.25) is 0 Å². The number of rotatable bonds is 2. The maximum absolute atomic E-state index is 4.35. The molecule has 2 rings (SSSR count). The second-order valence-corrected chi connectivity index (χ2v) is 4.95. The Labute approximate surface area is 98.5 Å². The van der Waals surface area contributed by atoms with Crippen molar-refractivity contribution in [2.24, 2.45) is 0 Å². The molecule has 1 heterocycles. The van der Waals surface area contributed by atoms with E-state index in [0.717, 1.165) is 12.0 Å². The standard InChI is InChI=1S/C14H22N2/c1-10-11(2)16-9-8-14(10)12-4-6-13(15-3)7-5-12/h8-9,12-13,15H,4-7H2,1-3H3. The Bertz CT molecular complexity index is 352. The molecule has 0 saturated heterocycles. The normalized spacial score (nSPS) is 25.7. The van der Waals surface area contributed by atoms with E-state index in [9.17, 15) is 0 Å². The maximum atomic E-state index is 4.35. The van der Waals surface area contributed by atoms with E-state index in [1.165, 1.54) is 42.5 Å². The Morgan fingerprint density at radius 3 is 2.50 bits per heavy atom. The summed E-state index contributed by atoms with van der Waals surface area (Å²) < 4.78 is 0. The molecule has 1 aliphatic carbocycles. The van der Waals surface area contributed by atoms with Crippen LogP contribution >= 0.6 is 0 Å². The van der Waals surface area contributed by atoms with Crippen LogP contribution in [0.25, 0.3) is 0 Å². The summed E-state index contributed by atoms with van der Waals surface area (Å²) in [7, 11) is 2.08. The molecule has 0 atom stereocenters. The zero-order chi connectivity index (χ0) is 11.5. The molecule has 0 unspecified atom stereocenters. The minimum absolute atomic E-state index is 0.736. The van der Waals surface area contributed by atoms with Crippen LogP contribution in [0.1, 0.15) is 48.4 Å². The topological polar surface area (TPSA) is 24.9 Å². The van der Waals surface area contributed by atoms with E-state index in [4.69, 9.17) is 0 Å². The first-order valence-electron chi connectivity index (χ1n) is 6.31. The highest BCUT2D eigenvalue weighted by molar-refractivity contribution is 5.31. The smallest absolute Gasteiger partial charge is 0.0404 e. The first-order valence-corrected chi connectivity index (χ1v) is 6.31. The van der Waals surface area contributed by atoms with Crippen LogP contribution in [0, 0.1) is 13.8 Å². The van der Waals surface area contributed by atoms with Crippen molar-refractivity contribution in [2.75, 3.05) is 7.05 Å². The summed E-state index contributed by atoms with van der Waals surface area (Å²) >= 11 is 0. The summed E-state index contributed by atoms with van der Waals surface area (Å²) in [6.45, 7) is 4.32. The monoisotopic (exact) mass is 218 g/mol. The molecule has 2 heteroatoms. The summed E-state index contributed by atoms with van der Waals surface area (Å²) in [6, 6.07) is 2.95. The number of hydrogen-bond acceptors (Lipinski definition) is 2. The van der Waals surface area contributed by atoms with Crippen LogP contribution in [0.3, 0.4) is 0 Å². The Balaban J connectivity index is 2.11. The Morgan fingerprint density at radius 1 is 1.19 bits per heavy atom. The molecule has 88 valence electrons. The summed E-state index contributed by atoms with van der Waals surface area (Å²) in [5.41, 5.74) is 4.12. The average molecular weight is 218 g/mol. The fraction of sp³-hybridized carbons (Fsp3) is 0.643. The third kappa shape index (κ3) is 2.27. The molecule has 1 aliphatic rings. The largest absolute Gasteiger partial charge is 0.317 e. The van der Waals surface area contributed by atoms with Crippen molar-refractivity contribution < 1.29 is 0 Å². The van der Waals surface area contributed by atoms with Crippen LogP contribution in [0.4, 0.5) is 0 Å². The van der Waals surface area contributed by atoms with Gasteiger partial charge in [0.15, 0.2) is 0 Å². The number of pyridine rings is 1. The van der Waals surface area contributed by atoms with E-state index in [1.54, 1.807) is 0 Å². The highest BCUT2D eigenvalue weighted by Gasteiger charge is 2.22. The van der Waals surface area contributed by atoms with E-state index < -0.39 is 0 Å². The lowest BCUT2D eigenvalue weighted by Gasteiger charge is -2.29. The number of hydrogen-bond donors (Lipinski definition) is 1. The molecule has 1 N–H and O–H groups in total. The molecule has 1 saturated carbocycles. The van der Waals surface area contributed by atoms with Gasteiger partial charge in [-0.2, -0.15) is 0 Å². The lowest BCUT2D eigenvalue weighted by molar-refractivity contribution is 0.358. The number of nitrogens with zero attached hydrogens (tertiary/aromatic N) is 1. The number of nitrogens with one attached hydrogen (secondary N) is 1. The minimum Gasteiger partial charge on any atom is -0.317 e. The van der Waals surface area contributed by atoms with Crippen LogP contribution in [0.2, 0.25) is 0 Å². The minimum atomic E-state index is 0.736. The molecule has 2 nitrogen and oxygen atoms in total. The van der Waals surface area contributed by atoms with Crippen molar-refractivity contribution in [1.29, 1.82) is 0 Å². The van der Waals surface area contributed by atoms with Crippen molar-refractivity contribution >= 4 is 0 Å². The van der Waals surface area contributed by atoms with Gasteiger partial charge in [0, 0.05) is 17.9 Å². The fourth-order valence-electron chi connectivity index (χ4n) is 2.80. The Kier molecular flexibility index (Phi) is 3.59. The van der Waals surface area contributed by atoms with Crippen molar-refractivity contribution in [1.82, 2.24) is 10.3 Å². The first-order chi connectivity index (χ1) is 7.72. The van der Waals surface area contributed by atoms with Crippen LogP contribution < -0.4 is 5.32 Å². The van der Waals surface area contributed by atoms with Gasteiger partial charge in [-0.25, -0.2) is 0 Å². The first kappa shape index (κ1) is 11.6. The number of aromatic nitrogens is 1. The van der Waals surface area contributed by atoms with E-state index in [-0.39, 0.29) is 0 Å². The fourth-order valence-corrected chi connectivity index (χ4v) is 2.80. The maximum Gasteiger partial charge on any atom is 0.0404 e. The lowest BCUT2D eigenvalue weighted by Crippen LogP contribution is -2.29. The van der Waals surface area contributed by atoms with Crippen molar-refractivity contribution in [2.45, 2.75) is 51.5 Å². The average Bonchev–Trinajstić information content (AvgIpc) is 2.33. The van der Waals surface area contributed by atoms with Crippen LogP contribution in [-0.4, -0.2) is 18.1 Å². The summed E-state index contributed by atoms with van der Waals surface area (Å²) in [4.78, 5) is 4.35. The molecule has 1 aromatic heterocycles. The van der Waals surface area contributed by atoms with Crippen LogP contribution in [0.15, 0.2) is 12.3 Å². The molecule has 0 bridgehead atoms. The van der Waals surface area contributed by atoms with Gasteiger partial charge < -0.3 is 5.32 Å². The van der Waals surface area contributed by atoms with E-state index in [2.05, 4.69) is 37.3 Å². The van der Waals surface area contributed by atoms with E-state index in [1.807, 2.05) is 6.20 Å². The quantitative estimate of drug-likeness (QED) is 0.825. The summed E-state index contributed by atoms with van der Waals surface area (Å²) in [5, 5.41) is 3.39. The molecule has 0 spiro atoms. The summed E-state index contributed by atoms with van der Waals surface area (Å²) in [5.74, 6) is 0.756. The van der Waals surface area contributed by atoms with Crippen LogP contribution in [0.5, 0.6) is 0 Å². The molecule has 16 heavy (non-hydrogen) atoms. The zero-order valence-electron chi connectivity index (χ0n) is 10.6. The van der Waals surface area contributed by atoms with Gasteiger partial charge in [-0.3, -0.25) is 4.98 Å². The Hall–Kier alpha value is -0.890. The molecule has 1 fully saturated rings. The van der Waals surface area contributed by atoms with Gasteiger partial charge in [0.25, 0.3) is 0 Å². The predicted molar refractivity (Wildman–Crippen MR) is 67.8 cm³/mol. The molecule has 0 radical (unpaired) electrons. The van der Waals surface area contributed by atoms with Crippen molar-refractivity contribution in [3.05, 3.63) is 29.1 Å². The van der Waals surface area contributed by atoms with Gasteiger partial charge >= 0.3 is 0 Å². The van der Waals surface area contributed by atoms with E-state index >= 15 is 0 Å². The molecule has 0 aliphatic heterocycles. The van der Waals surface area contributed by atoms with Crippen molar-refractivity contribution in [3.8, 4) is 0 Å². The second kappa shape index (κ2) is 4.96. The van der Waals surface area contributed by atoms with Gasteiger partial charge in [0.1, 0.15) is 0 Å². The zero-order valence-corrected chi connectivity index (χ0v) is 10.6. The predicted octanol–water partition coefficient (Wildman–Crippen LogP) is 2.94. The highest BCUT2D eigenvalue weighted by atomic mass is 14.9. The van der Waals surface area contributed by atoms with E-state index in [0.29, 0.717) is 0 Å². The lowest BCUT2D eigenvalue weighted by atomic mass is 9.80. The van der Waals surface area contributed by atoms with Crippen LogP contribution in [-0.2, 0) is 0 Å². The number of aryl methyl sites for hydroxylation is 1. The Morgan fingerprint density at radius 2 is 1.88 bits per heavy atom. The highest BCUT2D eigenvalue weighted by Crippen LogP contribution is 2.34. The van der Waals surface area contributed by atoms with Gasteiger partial charge in [-0.15, -0.1) is 0 Å². The SMILES string of the molecule is CNC1CCC(c2ccnc(C)c2C)CC1.